The minimum atomic E-state index is -0.389. The third-order valence-electron chi connectivity index (χ3n) is 5.92. The number of rotatable bonds is 4. The SMILES string of the molecule is O=C(Cn1ncc(=O)c2ccccc21)N1CCN(c2cnn(-c3ccccc3)c(=O)c2Cl)CC1. The quantitative estimate of drug-likeness (QED) is 0.447. The molecule has 0 aliphatic carbocycles. The topological polar surface area (TPSA) is 93.3 Å². The van der Waals surface area contributed by atoms with Crippen LogP contribution in [0.4, 0.5) is 5.69 Å². The number of hydrogen-bond donors (Lipinski definition) is 0. The van der Waals surface area contributed by atoms with Gasteiger partial charge in [0.2, 0.25) is 11.3 Å². The van der Waals surface area contributed by atoms with Crippen LogP contribution in [-0.4, -0.2) is 56.5 Å². The van der Waals surface area contributed by atoms with Crippen LogP contribution >= 0.6 is 11.6 Å². The van der Waals surface area contributed by atoms with Crippen LogP contribution < -0.4 is 15.9 Å². The molecule has 0 saturated carbocycles. The highest BCUT2D eigenvalue weighted by Crippen LogP contribution is 2.23. The van der Waals surface area contributed by atoms with Crippen LogP contribution in [0.25, 0.3) is 16.6 Å². The number of aromatic nitrogens is 4. The van der Waals surface area contributed by atoms with E-state index in [-0.39, 0.29) is 28.5 Å². The average molecular weight is 477 g/mol. The first-order valence-corrected chi connectivity index (χ1v) is 11.2. The molecular formula is C24H21ClN6O3. The molecule has 10 heteroatoms. The first-order valence-electron chi connectivity index (χ1n) is 10.8. The number of anilines is 1. The summed E-state index contributed by atoms with van der Waals surface area (Å²) >= 11 is 6.42. The number of fused-ring (bicyclic) bond motifs is 1. The monoisotopic (exact) mass is 476 g/mol. The lowest BCUT2D eigenvalue weighted by molar-refractivity contribution is -0.132. The number of hydrogen-bond acceptors (Lipinski definition) is 6. The summed E-state index contributed by atoms with van der Waals surface area (Å²) in [6.07, 6.45) is 2.82. The number of piperazine rings is 1. The molecule has 1 aliphatic heterocycles. The first-order chi connectivity index (χ1) is 16.5. The zero-order chi connectivity index (χ0) is 23.7. The number of carbonyl (C=O) groups excluding carboxylic acids is 1. The maximum absolute atomic E-state index is 12.9. The van der Waals surface area contributed by atoms with Crippen LogP contribution in [0.1, 0.15) is 0 Å². The number of para-hydroxylation sites is 2. The summed E-state index contributed by atoms with van der Waals surface area (Å²) in [6.45, 7) is 2.00. The van der Waals surface area contributed by atoms with Gasteiger partial charge in [0.15, 0.2) is 0 Å². The Kier molecular flexibility index (Phi) is 5.85. The number of nitrogens with zero attached hydrogens (tertiary/aromatic N) is 6. The molecule has 2 aromatic heterocycles. The van der Waals surface area contributed by atoms with Gasteiger partial charge in [0.25, 0.3) is 5.56 Å². The second-order valence-electron chi connectivity index (χ2n) is 7.95. The minimum absolute atomic E-state index is 0.0379. The van der Waals surface area contributed by atoms with Gasteiger partial charge < -0.3 is 9.80 Å². The summed E-state index contributed by atoms with van der Waals surface area (Å²) in [7, 11) is 0. The van der Waals surface area contributed by atoms with Gasteiger partial charge in [-0.15, -0.1) is 0 Å². The zero-order valence-corrected chi connectivity index (χ0v) is 18.9. The summed E-state index contributed by atoms with van der Waals surface area (Å²) in [5.41, 5.74) is 1.26. The Hall–Kier alpha value is -3.98. The number of benzene rings is 2. The molecule has 1 aliphatic rings. The molecule has 172 valence electrons. The molecule has 0 bridgehead atoms. The standard InChI is InChI=1S/C24H21ClN6O3/c25-23-20(14-27-31(24(23)34)17-6-2-1-3-7-17)28-10-12-29(13-11-28)22(33)16-30-19-9-5-4-8-18(19)21(32)15-26-30/h1-9,14-15H,10-13,16H2. The molecule has 34 heavy (non-hydrogen) atoms. The second-order valence-corrected chi connectivity index (χ2v) is 8.33. The van der Waals surface area contributed by atoms with Gasteiger partial charge in [-0.05, 0) is 24.3 Å². The van der Waals surface area contributed by atoms with E-state index in [0.29, 0.717) is 48.5 Å². The van der Waals surface area contributed by atoms with Gasteiger partial charge in [0.1, 0.15) is 11.6 Å². The van der Waals surface area contributed by atoms with Crippen molar-refractivity contribution in [3.63, 3.8) is 0 Å². The van der Waals surface area contributed by atoms with Gasteiger partial charge in [-0.3, -0.25) is 19.1 Å². The van der Waals surface area contributed by atoms with Crippen molar-refractivity contribution in [3.05, 3.63) is 92.6 Å². The molecule has 0 atom stereocenters. The Morgan fingerprint density at radius 1 is 0.882 bits per heavy atom. The fourth-order valence-electron chi connectivity index (χ4n) is 4.11. The molecule has 3 heterocycles. The molecule has 0 unspecified atom stereocenters. The van der Waals surface area contributed by atoms with E-state index < -0.39 is 0 Å². The van der Waals surface area contributed by atoms with E-state index in [2.05, 4.69) is 10.2 Å². The summed E-state index contributed by atoms with van der Waals surface area (Å²) in [5.74, 6) is -0.0929. The van der Waals surface area contributed by atoms with E-state index in [0.717, 1.165) is 0 Å². The Labute approximate surface area is 199 Å². The van der Waals surface area contributed by atoms with E-state index >= 15 is 0 Å². The predicted molar refractivity (Wildman–Crippen MR) is 130 cm³/mol. The Morgan fingerprint density at radius 2 is 1.59 bits per heavy atom. The Bertz CT molecular complexity index is 1480. The fourth-order valence-corrected chi connectivity index (χ4v) is 4.36. The summed E-state index contributed by atoms with van der Waals surface area (Å²) in [5, 5.41) is 9.06. The van der Waals surface area contributed by atoms with Crippen LogP contribution in [0.3, 0.4) is 0 Å². The Morgan fingerprint density at radius 3 is 2.35 bits per heavy atom. The van der Waals surface area contributed by atoms with E-state index in [1.807, 2.05) is 29.2 Å². The average Bonchev–Trinajstić information content (AvgIpc) is 2.88. The Balaban J connectivity index is 1.29. The predicted octanol–water partition coefficient (Wildman–Crippen LogP) is 1.94. The molecule has 0 radical (unpaired) electrons. The zero-order valence-electron chi connectivity index (χ0n) is 18.2. The van der Waals surface area contributed by atoms with Crippen LogP contribution in [0.15, 0.2) is 76.6 Å². The summed E-state index contributed by atoms with van der Waals surface area (Å²) < 4.78 is 2.82. The normalized spacial score (nSPS) is 13.9. The van der Waals surface area contributed by atoms with Gasteiger partial charge in [0, 0.05) is 31.6 Å². The molecule has 5 rings (SSSR count). The molecule has 1 amide bonds. The lowest BCUT2D eigenvalue weighted by Gasteiger charge is -2.36. The molecule has 0 spiro atoms. The lowest BCUT2D eigenvalue weighted by atomic mass is 10.2. The highest BCUT2D eigenvalue weighted by atomic mass is 35.5. The lowest BCUT2D eigenvalue weighted by Crippen LogP contribution is -2.50. The van der Waals surface area contributed by atoms with Crippen molar-refractivity contribution >= 4 is 34.1 Å². The molecule has 0 N–H and O–H groups in total. The number of amides is 1. The van der Waals surface area contributed by atoms with E-state index in [9.17, 15) is 14.4 Å². The summed E-state index contributed by atoms with van der Waals surface area (Å²) in [4.78, 5) is 41.5. The van der Waals surface area contributed by atoms with Gasteiger partial charge in [0.05, 0.1) is 29.3 Å². The van der Waals surface area contributed by atoms with Crippen molar-refractivity contribution in [1.29, 1.82) is 0 Å². The smallest absolute Gasteiger partial charge is 0.292 e. The van der Waals surface area contributed by atoms with E-state index in [4.69, 9.17) is 11.6 Å². The number of halogens is 1. The molecule has 9 nitrogen and oxygen atoms in total. The van der Waals surface area contributed by atoms with Crippen molar-refractivity contribution in [2.24, 2.45) is 0 Å². The van der Waals surface area contributed by atoms with E-state index in [1.165, 1.54) is 10.9 Å². The van der Waals surface area contributed by atoms with Gasteiger partial charge in [-0.2, -0.15) is 14.9 Å². The minimum Gasteiger partial charge on any atom is -0.365 e. The third-order valence-corrected chi connectivity index (χ3v) is 6.28. The van der Waals surface area contributed by atoms with Crippen LogP contribution in [0.5, 0.6) is 0 Å². The van der Waals surface area contributed by atoms with Crippen molar-refractivity contribution in [2.45, 2.75) is 6.54 Å². The van der Waals surface area contributed by atoms with Crippen LogP contribution in [-0.2, 0) is 11.3 Å². The molecule has 1 fully saturated rings. The highest BCUT2D eigenvalue weighted by Gasteiger charge is 2.24. The van der Waals surface area contributed by atoms with Crippen molar-refractivity contribution < 1.29 is 4.79 Å². The maximum atomic E-state index is 12.9. The van der Waals surface area contributed by atoms with Gasteiger partial charge >= 0.3 is 0 Å². The van der Waals surface area contributed by atoms with Crippen molar-refractivity contribution in [2.75, 3.05) is 31.1 Å². The van der Waals surface area contributed by atoms with Gasteiger partial charge in [-0.25, -0.2) is 0 Å². The fraction of sp³-hybridized carbons (Fsp3) is 0.208. The molecular weight excluding hydrogens is 456 g/mol. The van der Waals surface area contributed by atoms with Crippen molar-refractivity contribution in [1.82, 2.24) is 24.5 Å². The molecule has 4 aromatic rings. The molecule has 2 aromatic carbocycles. The van der Waals surface area contributed by atoms with Gasteiger partial charge in [-0.1, -0.05) is 41.9 Å². The molecule has 1 saturated heterocycles. The second kappa shape index (κ2) is 9.11. The summed E-state index contributed by atoms with van der Waals surface area (Å²) in [6, 6.07) is 16.2. The van der Waals surface area contributed by atoms with Crippen molar-refractivity contribution in [3.8, 4) is 5.69 Å². The largest absolute Gasteiger partial charge is 0.365 e. The van der Waals surface area contributed by atoms with Crippen LogP contribution in [0.2, 0.25) is 5.02 Å². The highest BCUT2D eigenvalue weighted by molar-refractivity contribution is 6.33. The third kappa shape index (κ3) is 4.06. The maximum Gasteiger partial charge on any atom is 0.292 e. The number of carbonyl (C=O) groups is 1. The van der Waals surface area contributed by atoms with E-state index in [1.54, 1.807) is 46.1 Å². The van der Waals surface area contributed by atoms with Crippen LogP contribution in [0, 0.1) is 0 Å². The first kappa shape index (κ1) is 21.8.